The van der Waals surface area contributed by atoms with Gasteiger partial charge in [-0.15, -0.1) is 5.92 Å². The first-order valence-corrected chi connectivity index (χ1v) is 5.39. The topological polar surface area (TPSA) is 78.4 Å². The molecule has 0 aliphatic heterocycles. The van der Waals surface area contributed by atoms with Crippen LogP contribution >= 0.6 is 11.6 Å². The number of hydrogen-bond acceptors (Lipinski definition) is 2. The number of carbonyl (C=O) groups excluding carboxylic acids is 1. The third kappa shape index (κ3) is 4.36. The van der Waals surface area contributed by atoms with Crippen molar-refractivity contribution in [3.63, 3.8) is 0 Å². The number of anilines is 1. The number of carboxylic acids is 1. The number of nitrogens with one attached hydrogen (secondary N) is 2. The molecule has 6 heteroatoms. The first kappa shape index (κ1) is 13.9. The van der Waals surface area contributed by atoms with Gasteiger partial charge in [-0.1, -0.05) is 17.5 Å². The van der Waals surface area contributed by atoms with Crippen molar-refractivity contribution < 1.29 is 14.7 Å². The lowest BCUT2D eigenvalue weighted by molar-refractivity contribution is 0.0697. The molecule has 0 atom stereocenters. The highest BCUT2D eigenvalue weighted by molar-refractivity contribution is 6.31. The summed E-state index contributed by atoms with van der Waals surface area (Å²) in [7, 11) is 0. The Kier molecular flexibility index (Phi) is 5.03. The number of benzene rings is 1. The van der Waals surface area contributed by atoms with Crippen molar-refractivity contribution in [2.24, 2.45) is 0 Å². The summed E-state index contributed by atoms with van der Waals surface area (Å²) in [6, 6.07) is 3.60. The molecular weight excluding hydrogens is 256 g/mol. The van der Waals surface area contributed by atoms with Crippen LogP contribution in [-0.2, 0) is 0 Å². The molecule has 0 aliphatic rings. The smallest absolute Gasteiger partial charge is 0.335 e. The number of amides is 2. The van der Waals surface area contributed by atoms with E-state index in [-0.39, 0.29) is 17.1 Å². The third-order valence-corrected chi connectivity index (χ3v) is 2.13. The van der Waals surface area contributed by atoms with Crippen molar-refractivity contribution in [2.45, 2.75) is 6.92 Å². The average Bonchev–Trinajstić information content (AvgIpc) is 2.28. The van der Waals surface area contributed by atoms with Crippen LogP contribution in [0.3, 0.4) is 0 Å². The lowest BCUT2D eigenvalue weighted by Crippen LogP contribution is -2.28. The van der Waals surface area contributed by atoms with Crippen LogP contribution in [0, 0.1) is 11.8 Å². The molecule has 0 aliphatic carbocycles. The number of carboxylic acid groups (broad SMARTS) is 1. The molecule has 1 rings (SSSR count). The van der Waals surface area contributed by atoms with Crippen molar-refractivity contribution in [1.82, 2.24) is 5.32 Å². The Labute approximate surface area is 109 Å². The lowest BCUT2D eigenvalue weighted by Gasteiger charge is -2.07. The second kappa shape index (κ2) is 6.52. The highest BCUT2D eigenvalue weighted by atomic mass is 35.5. The Morgan fingerprint density at radius 3 is 2.72 bits per heavy atom. The Morgan fingerprint density at radius 1 is 1.39 bits per heavy atom. The van der Waals surface area contributed by atoms with Crippen molar-refractivity contribution in [3.8, 4) is 11.8 Å². The first-order valence-electron chi connectivity index (χ1n) is 5.01. The second-order valence-corrected chi connectivity index (χ2v) is 3.70. The molecule has 0 saturated heterocycles. The van der Waals surface area contributed by atoms with Gasteiger partial charge in [-0.05, 0) is 25.1 Å². The molecule has 5 nitrogen and oxygen atoms in total. The van der Waals surface area contributed by atoms with Gasteiger partial charge in [0.1, 0.15) is 0 Å². The molecule has 0 bridgehead atoms. The van der Waals surface area contributed by atoms with Gasteiger partial charge in [-0.2, -0.15) is 0 Å². The van der Waals surface area contributed by atoms with Gasteiger partial charge >= 0.3 is 12.0 Å². The molecule has 0 unspecified atom stereocenters. The van der Waals surface area contributed by atoms with Gasteiger partial charge in [0.05, 0.1) is 12.1 Å². The number of halogens is 1. The molecule has 0 heterocycles. The molecule has 0 spiro atoms. The highest BCUT2D eigenvalue weighted by Crippen LogP contribution is 2.19. The van der Waals surface area contributed by atoms with Crippen LogP contribution in [0.2, 0.25) is 5.02 Å². The fourth-order valence-electron chi connectivity index (χ4n) is 1.17. The van der Waals surface area contributed by atoms with Crippen LogP contribution in [0.4, 0.5) is 10.5 Å². The Balaban J connectivity index is 2.74. The summed E-state index contributed by atoms with van der Waals surface area (Å²) in [6.45, 7) is 1.88. The highest BCUT2D eigenvalue weighted by Gasteiger charge is 2.08. The van der Waals surface area contributed by atoms with Crippen LogP contribution in [0.1, 0.15) is 17.3 Å². The van der Waals surface area contributed by atoms with Crippen LogP contribution in [0.15, 0.2) is 18.2 Å². The minimum Gasteiger partial charge on any atom is -0.478 e. The van der Waals surface area contributed by atoms with Gasteiger partial charge in [-0.25, -0.2) is 9.59 Å². The molecule has 0 radical (unpaired) electrons. The van der Waals surface area contributed by atoms with Crippen LogP contribution in [0.25, 0.3) is 0 Å². The number of carbonyl (C=O) groups is 2. The zero-order chi connectivity index (χ0) is 13.5. The molecule has 18 heavy (non-hydrogen) atoms. The molecule has 0 saturated carbocycles. The van der Waals surface area contributed by atoms with Gasteiger partial charge < -0.3 is 15.7 Å². The van der Waals surface area contributed by atoms with E-state index in [1.54, 1.807) is 6.92 Å². The van der Waals surface area contributed by atoms with E-state index in [4.69, 9.17) is 16.7 Å². The maximum atomic E-state index is 11.4. The van der Waals surface area contributed by atoms with Gasteiger partial charge in [-0.3, -0.25) is 0 Å². The van der Waals surface area contributed by atoms with E-state index >= 15 is 0 Å². The maximum Gasteiger partial charge on any atom is 0.335 e. The van der Waals surface area contributed by atoms with E-state index in [0.29, 0.717) is 5.69 Å². The molecule has 1 aromatic rings. The van der Waals surface area contributed by atoms with Crippen LogP contribution in [0.5, 0.6) is 0 Å². The second-order valence-electron chi connectivity index (χ2n) is 3.27. The molecule has 1 aromatic carbocycles. The number of hydrogen-bond donors (Lipinski definition) is 3. The third-order valence-electron chi connectivity index (χ3n) is 1.92. The minimum atomic E-state index is -1.11. The van der Waals surface area contributed by atoms with Crippen molar-refractivity contribution in [2.75, 3.05) is 11.9 Å². The zero-order valence-corrected chi connectivity index (χ0v) is 10.3. The summed E-state index contributed by atoms with van der Waals surface area (Å²) >= 11 is 5.75. The average molecular weight is 267 g/mol. The summed E-state index contributed by atoms with van der Waals surface area (Å²) in [6.07, 6.45) is 0. The summed E-state index contributed by atoms with van der Waals surface area (Å²) in [4.78, 5) is 22.2. The number of urea groups is 1. The Hall–Kier alpha value is -2.19. The van der Waals surface area contributed by atoms with E-state index in [9.17, 15) is 9.59 Å². The van der Waals surface area contributed by atoms with E-state index < -0.39 is 12.0 Å². The van der Waals surface area contributed by atoms with E-state index in [1.165, 1.54) is 18.2 Å². The van der Waals surface area contributed by atoms with Gasteiger partial charge in [0.15, 0.2) is 0 Å². The Bertz CT molecular complexity index is 532. The van der Waals surface area contributed by atoms with Crippen LogP contribution in [-0.4, -0.2) is 23.7 Å². The summed E-state index contributed by atoms with van der Waals surface area (Å²) in [5, 5.41) is 14.0. The van der Waals surface area contributed by atoms with Crippen LogP contribution < -0.4 is 10.6 Å². The zero-order valence-electron chi connectivity index (χ0n) is 9.58. The van der Waals surface area contributed by atoms with Gasteiger partial charge in [0.2, 0.25) is 0 Å². The largest absolute Gasteiger partial charge is 0.478 e. The molecule has 0 aromatic heterocycles. The lowest BCUT2D eigenvalue weighted by atomic mass is 10.2. The van der Waals surface area contributed by atoms with Gasteiger partial charge in [0.25, 0.3) is 0 Å². The summed E-state index contributed by atoms with van der Waals surface area (Å²) < 4.78 is 0. The van der Waals surface area contributed by atoms with Gasteiger partial charge in [0, 0.05) is 10.7 Å². The number of aromatic carboxylic acids is 1. The molecular formula is C12H11ClN2O3. The molecule has 2 amide bonds. The first-order chi connectivity index (χ1) is 8.52. The van der Waals surface area contributed by atoms with Crippen molar-refractivity contribution >= 4 is 29.3 Å². The summed E-state index contributed by atoms with van der Waals surface area (Å²) in [5.74, 6) is 4.18. The molecule has 0 fully saturated rings. The van der Waals surface area contributed by atoms with E-state index in [0.717, 1.165) is 0 Å². The minimum absolute atomic E-state index is 0.00569. The number of rotatable bonds is 3. The maximum absolute atomic E-state index is 11.4. The predicted octanol–water partition coefficient (Wildman–Crippen LogP) is 2.18. The standard InChI is InChI=1S/C12H11ClN2O3/c1-2-3-4-14-12(18)15-10-6-8(11(16)17)5-9(13)7-10/h5-7H,4H2,1H3,(H,16,17)(H2,14,15,18). The monoisotopic (exact) mass is 266 g/mol. The Morgan fingerprint density at radius 2 is 2.11 bits per heavy atom. The van der Waals surface area contributed by atoms with Crippen molar-refractivity contribution in [1.29, 1.82) is 0 Å². The molecule has 94 valence electrons. The van der Waals surface area contributed by atoms with Crippen molar-refractivity contribution in [3.05, 3.63) is 28.8 Å². The van der Waals surface area contributed by atoms with E-state index in [1.807, 2.05) is 0 Å². The summed E-state index contributed by atoms with van der Waals surface area (Å²) in [5.41, 5.74) is 0.313. The fraction of sp³-hybridized carbons (Fsp3) is 0.167. The normalized spacial score (nSPS) is 9.00. The predicted molar refractivity (Wildman–Crippen MR) is 68.9 cm³/mol. The SMILES string of the molecule is CC#CCNC(=O)Nc1cc(Cl)cc(C(=O)O)c1. The quantitative estimate of drug-likeness (QED) is 0.734. The van der Waals surface area contributed by atoms with E-state index in [2.05, 4.69) is 22.5 Å². The molecule has 3 N–H and O–H groups in total. The fourth-order valence-corrected chi connectivity index (χ4v) is 1.41.